The molecule has 1 heterocycles. The van der Waals surface area contributed by atoms with Crippen LogP contribution in [0.3, 0.4) is 0 Å². The number of anilines is 1. The van der Waals surface area contributed by atoms with Crippen LogP contribution in [0.15, 0.2) is 59.0 Å². The van der Waals surface area contributed by atoms with Crippen molar-refractivity contribution >= 4 is 12.0 Å². The Bertz CT molecular complexity index is 716. The third kappa shape index (κ3) is 3.31. The molecule has 3 rings (SSSR count). The fourth-order valence-electron chi connectivity index (χ4n) is 2.55. The highest BCUT2D eigenvalue weighted by Crippen LogP contribution is 2.22. The van der Waals surface area contributed by atoms with Crippen LogP contribution in [0.2, 0.25) is 0 Å². The normalized spacial score (nSPS) is 16.8. The summed E-state index contributed by atoms with van der Waals surface area (Å²) in [6.45, 7) is 3.02. The fraction of sp³-hybridized carbons (Fsp3) is 0.235. The number of nitrogen functional groups attached to an aromatic ring is 1. The molecule has 0 aromatic heterocycles. The van der Waals surface area contributed by atoms with E-state index in [1.165, 1.54) is 0 Å². The second-order valence-corrected chi connectivity index (χ2v) is 5.60. The quantitative estimate of drug-likeness (QED) is 0.680. The largest absolute Gasteiger partial charge is 0.399 e. The summed E-state index contributed by atoms with van der Waals surface area (Å²) in [5.74, 6) is 0. The summed E-state index contributed by atoms with van der Waals surface area (Å²) in [7, 11) is 0. The zero-order valence-corrected chi connectivity index (χ0v) is 13.0. The minimum atomic E-state index is -0.493. The van der Waals surface area contributed by atoms with Gasteiger partial charge in [0.25, 0.3) is 0 Å². The summed E-state index contributed by atoms with van der Waals surface area (Å²) < 4.78 is 0. The molecule has 118 valence electrons. The van der Waals surface area contributed by atoms with Gasteiger partial charge in [-0.3, -0.25) is 4.79 Å². The molecule has 0 fully saturated rings. The Hall–Kier alpha value is -2.89. The molecule has 0 spiro atoms. The number of rotatable bonds is 5. The lowest BCUT2D eigenvalue weighted by Gasteiger charge is -2.23. The third-order valence-corrected chi connectivity index (χ3v) is 3.87. The maximum atomic E-state index is 11.5. The number of hydrogen-bond acceptors (Lipinski definition) is 6. The van der Waals surface area contributed by atoms with Gasteiger partial charge in [0.05, 0.1) is 13.1 Å². The Kier molecular flexibility index (Phi) is 4.23. The Morgan fingerprint density at radius 3 is 2.30 bits per heavy atom. The number of aryl methyl sites for hydroxylation is 1. The van der Waals surface area contributed by atoms with Gasteiger partial charge < -0.3 is 5.73 Å². The van der Waals surface area contributed by atoms with Gasteiger partial charge in [0.2, 0.25) is 0 Å². The maximum absolute atomic E-state index is 11.5. The van der Waals surface area contributed by atoms with Crippen LogP contribution < -0.4 is 5.73 Å². The van der Waals surface area contributed by atoms with Gasteiger partial charge in [-0.25, -0.2) is 10.0 Å². The topological polar surface area (TPSA) is 74.3 Å². The van der Waals surface area contributed by atoms with Gasteiger partial charge in [-0.15, -0.1) is 0 Å². The van der Waals surface area contributed by atoms with Crippen molar-refractivity contribution in [2.45, 2.75) is 26.2 Å². The molecule has 2 N–H and O–H groups in total. The highest BCUT2D eigenvalue weighted by molar-refractivity contribution is 5.57. The molecular weight excluding hydrogens is 290 g/mol. The monoisotopic (exact) mass is 309 g/mol. The number of nitrogens with zero attached hydrogens (tertiary/aromatic N) is 4. The number of carbonyl (C=O) groups is 1. The van der Waals surface area contributed by atoms with Gasteiger partial charge in [0.15, 0.2) is 12.5 Å². The molecule has 1 unspecified atom stereocenters. The van der Waals surface area contributed by atoms with E-state index in [0.717, 1.165) is 28.7 Å². The van der Waals surface area contributed by atoms with Gasteiger partial charge in [-0.05, 0) is 29.7 Å². The first-order chi connectivity index (χ1) is 11.2. The van der Waals surface area contributed by atoms with Crippen molar-refractivity contribution < 1.29 is 4.79 Å². The van der Waals surface area contributed by atoms with E-state index in [1.807, 2.05) is 55.5 Å². The first kappa shape index (κ1) is 15.0. The highest BCUT2D eigenvalue weighted by atomic mass is 16.1. The molecule has 23 heavy (non-hydrogen) atoms. The van der Waals surface area contributed by atoms with E-state index in [0.29, 0.717) is 13.1 Å². The van der Waals surface area contributed by atoms with E-state index in [2.05, 4.69) is 10.4 Å². The van der Waals surface area contributed by atoms with Crippen molar-refractivity contribution in [2.24, 2.45) is 10.4 Å². The van der Waals surface area contributed by atoms with E-state index in [4.69, 9.17) is 5.73 Å². The Balaban J connectivity index is 1.70. The van der Waals surface area contributed by atoms with Crippen LogP contribution in [-0.4, -0.2) is 22.5 Å². The molecule has 0 saturated heterocycles. The molecule has 2 aromatic rings. The summed E-state index contributed by atoms with van der Waals surface area (Å²) >= 11 is 0. The Labute approximate surface area is 135 Å². The molecule has 1 atom stereocenters. The van der Waals surface area contributed by atoms with Gasteiger partial charge >= 0.3 is 0 Å². The lowest BCUT2D eigenvalue weighted by atomic mass is 10.1. The minimum Gasteiger partial charge on any atom is -0.399 e. The number of hydrogen-bond donors (Lipinski definition) is 1. The lowest BCUT2D eigenvalue weighted by molar-refractivity contribution is -0.116. The molecule has 1 aliphatic heterocycles. The molecule has 6 heteroatoms. The summed E-state index contributed by atoms with van der Waals surface area (Å²) in [5.41, 5.74) is 9.75. The number of aldehydes is 1. The third-order valence-electron chi connectivity index (χ3n) is 3.87. The van der Waals surface area contributed by atoms with Gasteiger partial charge in [0, 0.05) is 5.69 Å². The average molecular weight is 309 g/mol. The minimum absolute atomic E-state index is 0.493. The van der Waals surface area contributed by atoms with Crippen LogP contribution in [0.5, 0.6) is 0 Å². The van der Waals surface area contributed by atoms with Crippen LogP contribution in [-0.2, 0) is 17.9 Å². The van der Waals surface area contributed by atoms with Crippen LogP contribution in [0, 0.1) is 6.92 Å². The van der Waals surface area contributed by atoms with E-state index < -0.39 is 6.17 Å². The Morgan fingerprint density at radius 2 is 1.70 bits per heavy atom. The van der Waals surface area contributed by atoms with Crippen molar-refractivity contribution in [3.8, 4) is 0 Å². The molecule has 0 aliphatic carbocycles. The number of carbonyl (C=O) groups excluding carboxylic acids is 1. The van der Waals surface area contributed by atoms with Gasteiger partial charge in [0.1, 0.15) is 0 Å². The van der Waals surface area contributed by atoms with Crippen molar-refractivity contribution in [3.05, 3.63) is 65.2 Å². The van der Waals surface area contributed by atoms with E-state index in [9.17, 15) is 4.79 Å². The first-order valence-electron chi connectivity index (χ1n) is 7.46. The molecule has 0 bridgehead atoms. The zero-order valence-electron chi connectivity index (χ0n) is 13.0. The fourth-order valence-corrected chi connectivity index (χ4v) is 2.55. The van der Waals surface area contributed by atoms with E-state index >= 15 is 0 Å². The smallest absolute Gasteiger partial charge is 0.193 e. The molecule has 1 aliphatic rings. The summed E-state index contributed by atoms with van der Waals surface area (Å²) in [5, 5.41) is 11.6. The van der Waals surface area contributed by atoms with Crippen LogP contribution in [0.25, 0.3) is 0 Å². The molecule has 0 saturated carbocycles. The van der Waals surface area contributed by atoms with Gasteiger partial charge in [-0.2, -0.15) is 0 Å². The molecule has 6 nitrogen and oxygen atoms in total. The zero-order chi connectivity index (χ0) is 16.2. The van der Waals surface area contributed by atoms with Crippen LogP contribution in [0.1, 0.15) is 16.7 Å². The van der Waals surface area contributed by atoms with Crippen molar-refractivity contribution in [2.75, 3.05) is 5.73 Å². The average Bonchev–Trinajstić information content (AvgIpc) is 2.93. The van der Waals surface area contributed by atoms with Gasteiger partial charge in [-0.1, -0.05) is 52.9 Å². The summed E-state index contributed by atoms with van der Waals surface area (Å²) in [6, 6.07) is 15.7. The highest BCUT2D eigenvalue weighted by Gasteiger charge is 2.29. The molecular formula is C17H19N5O. The summed E-state index contributed by atoms with van der Waals surface area (Å²) in [6.07, 6.45) is 0.376. The number of benzene rings is 2. The maximum Gasteiger partial charge on any atom is 0.193 e. The van der Waals surface area contributed by atoms with Crippen molar-refractivity contribution in [1.82, 2.24) is 10.0 Å². The second kappa shape index (κ2) is 6.48. The molecule has 0 radical (unpaired) electrons. The predicted molar refractivity (Wildman–Crippen MR) is 87.8 cm³/mol. The van der Waals surface area contributed by atoms with E-state index in [1.54, 1.807) is 10.0 Å². The standard InChI is InChI=1S/C17H19N5O/c1-13-9-15(7-8-16(13)18)11-22-17(12-23)21(19-20-22)10-14-5-3-2-4-6-14/h2-9,12,17H,10-11,18H2,1H3. The predicted octanol–water partition coefficient (Wildman–Crippen LogP) is 2.70. The van der Waals surface area contributed by atoms with Crippen molar-refractivity contribution in [3.63, 3.8) is 0 Å². The molecule has 0 amide bonds. The van der Waals surface area contributed by atoms with Crippen molar-refractivity contribution in [1.29, 1.82) is 0 Å². The first-order valence-corrected chi connectivity index (χ1v) is 7.46. The molecule has 2 aromatic carbocycles. The second-order valence-electron chi connectivity index (χ2n) is 5.60. The van der Waals surface area contributed by atoms with E-state index in [-0.39, 0.29) is 0 Å². The SMILES string of the molecule is Cc1cc(CN2N=NN(Cc3ccccc3)C2C=O)ccc1N. The Morgan fingerprint density at radius 1 is 1.04 bits per heavy atom. The number of nitrogens with two attached hydrogens (primary N) is 1. The van der Waals surface area contributed by atoms with Crippen LogP contribution >= 0.6 is 0 Å². The summed E-state index contributed by atoms with van der Waals surface area (Å²) in [4.78, 5) is 11.5. The van der Waals surface area contributed by atoms with Crippen LogP contribution in [0.4, 0.5) is 5.69 Å². The lowest BCUT2D eigenvalue weighted by Crippen LogP contribution is -2.39.